The second-order valence-electron chi connectivity index (χ2n) is 13.4. The van der Waals surface area contributed by atoms with E-state index in [1.807, 2.05) is 42.3 Å². The Labute approximate surface area is 232 Å². The largest absolute Gasteiger partial charge is 0.0654 e. The van der Waals surface area contributed by atoms with E-state index in [4.69, 9.17) is 0 Å². The SMILES string of the molecule is CCCC[SiH]1[SiH2][Si]2(CCCC)[SiH2][Si]1(CCCC)[Si](CCCC)(CCCC)[Si]2(CCCC)CCCC. The standard InChI is InChI=1S/C28H68Si7/c1-8-15-22-31-29-34(27-20-13-6)30-35(31,28-21-14-7)33(25-18-11-4,26-19-12-5)32(34,23-16-9-2)24-17-10-3/h31H,8-30H2,1-7H3. The maximum atomic E-state index is 2.57. The van der Waals surface area contributed by atoms with Gasteiger partial charge in [0.25, 0.3) is 0 Å². The molecule has 0 radical (unpaired) electrons. The first kappa shape index (κ1) is 32.7. The van der Waals surface area contributed by atoms with Crippen LogP contribution in [0.3, 0.4) is 0 Å². The van der Waals surface area contributed by atoms with E-state index in [0.717, 1.165) is 0 Å². The van der Waals surface area contributed by atoms with Crippen LogP contribution in [-0.4, -0.2) is 52.4 Å². The molecule has 2 aliphatic rings. The summed E-state index contributed by atoms with van der Waals surface area (Å²) >= 11 is 0. The molecule has 2 fully saturated rings. The maximum Gasteiger partial charge on any atom is 0.0338 e. The number of hydrogen-bond acceptors (Lipinski definition) is 0. The zero-order valence-corrected chi connectivity index (χ0v) is 33.8. The predicted molar refractivity (Wildman–Crippen MR) is 185 cm³/mol. The first-order valence-corrected chi connectivity index (χ1v) is 42.1. The van der Waals surface area contributed by atoms with E-state index in [1.165, 1.54) is 44.9 Å². The lowest BCUT2D eigenvalue weighted by Crippen LogP contribution is -2.87. The molecule has 0 aromatic heterocycles. The third-order valence-electron chi connectivity index (χ3n) is 11.7. The van der Waals surface area contributed by atoms with Crippen LogP contribution < -0.4 is 0 Å². The van der Waals surface area contributed by atoms with Gasteiger partial charge in [-0.15, -0.1) is 0 Å². The molecule has 0 spiro atoms. The summed E-state index contributed by atoms with van der Waals surface area (Å²) in [4.78, 5) is 0. The Morgan fingerprint density at radius 1 is 0.457 bits per heavy atom. The minimum absolute atomic E-state index is 0.304. The van der Waals surface area contributed by atoms with Crippen LogP contribution in [0.15, 0.2) is 0 Å². The van der Waals surface area contributed by atoms with Gasteiger partial charge in [0.05, 0.1) is 0 Å². The number of hydrogen-bond donors (Lipinski definition) is 0. The quantitative estimate of drug-likeness (QED) is 0.116. The molecule has 208 valence electrons. The third-order valence-corrected chi connectivity index (χ3v) is 218. The molecule has 0 aromatic rings. The Morgan fingerprint density at radius 2 is 0.857 bits per heavy atom. The Morgan fingerprint density at radius 3 is 1.31 bits per heavy atom. The molecule has 2 rings (SSSR count). The summed E-state index contributed by atoms with van der Waals surface area (Å²) in [6.07, 6.45) is 22.5. The highest BCUT2D eigenvalue weighted by molar-refractivity contribution is 8.29. The fourth-order valence-corrected chi connectivity index (χ4v) is 483. The van der Waals surface area contributed by atoms with Crippen LogP contribution >= 0.6 is 0 Å². The van der Waals surface area contributed by atoms with Gasteiger partial charge in [-0.3, -0.25) is 0 Å². The Kier molecular flexibility index (Phi) is 14.9. The molecule has 0 amide bonds. The maximum absolute atomic E-state index is 2.57. The number of unbranched alkanes of at least 4 members (excludes halogenated alkanes) is 7. The number of fused-ring (bicyclic) bond motifs is 2. The average Bonchev–Trinajstić information content (AvgIpc) is 3.30. The molecule has 2 bridgehead atoms. The van der Waals surface area contributed by atoms with E-state index >= 15 is 0 Å². The topological polar surface area (TPSA) is 0 Å². The Balaban J connectivity index is 2.82. The predicted octanol–water partition coefficient (Wildman–Crippen LogP) is 8.27. The molecule has 3 atom stereocenters. The lowest BCUT2D eigenvalue weighted by molar-refractivity contribution is 0.822. The van der Waals surface area contributed by atoms with Gasteiger partial charge in [0.2, 0.25) is 0 Å². The van der Waals surface area contributed by atoms with Crippen LogP contribution in [0.2, 0.25) is 42.3 Å². The van der Waals surface area contributed by atoms with Gasteiger partial charge < -0.3 is 0 Å². The average molecular weight is 601 g/mol. The molecule has 2 saturated heterocycles. The van der Waals surface area contributed by atoms with Gasteiger partial charge in [0, 0.05) is 43.9 Å². The van der Waals surface area contributed by atoms with Gasteiger partial charge >= 0.3 is 0 Å². The molecular formula is C28H68Si7. The molecule has 0 aromatic carbocycles. The van der Waals surface area contributed by atoms with E-state index in [-0.39, 0.29) is 7.83 Å². The van der Waals surface area contributed by atoms with Gasteiger partial charge in [-0.25, -0.2) is 0 Å². The van der Waals surface area contributed by atoms with Crippen LogP contribution in [0.1, 0.15) is 138 Å². The van der Waals surface area contributed by atoms with Crippen LogP contribution in [-0.2, 0) is 0 Å². The summed E-state index contributed by atoms with van der Waals surface area (Å²) in [6, 6.07) is 13.6. The summed E-state index contributed by atoms with van der Waals surface area (Å²) in [5.41, 5.74) is 0. The normalized spacial score (nSPS) is 30.1. The molecule has 0 nitrogen and oxygen atoms in total. The van der Waals surface area contributed by atoms with E-state index in [2.05, 4.69) is 48.5 Å². The van der Waals surface area contributed by atoms with Crippen molar-refractivity contribution >= 4 is 52.4 Å². The monoisotopic (exact) mass is 600 g/mol. The molecule has 0 N–H and O–H groups in total. The van der Waals surface area contributed by atoms with Crippen molar-refractivity contribution in [1.29, 1.82) is 0 Å². The van der Waals surface area contributed by atoms with E-state index in [1.54, 1.807) is 44.9 Å². The van der Waals surface area contributed by atoms with Gasteiger partial charge in [0.1, 0.15) is 0 Å². The third kappa shape index (κ3) is 6.31. The summed E-state index contributed by atoms with van der Waals surface area (Å²) in [5.74, 6) is 0. The Bertz CT molecular complexity index is 570. The Hall–Kier alpha value is 1.52. The van der Waals surface area contributed by atoms with Crippen LogP contribution in [0, 0.1) is 0 Å². The van der Waals surface area contributed by atoms with Crippen molar-refractivity contribution in [2.75, 3.05) is 0 Å². The van der Waals surface area contributed by atoms with Crippen LogP contribution in [0.25, 0.3) is 0 Å². The molecule has 7 heteroatoms. The fraction of sp³-hybridized carbons (Fsp3) is 1.00. The molecule has 0 saturated carbocycles. The second kappa shape index (κ2) is 15.9. The molecule has 2 heterocycles. The molecule has 0 aliphatic carbocycles. The van der Waals surface area contributed by atoms with Gasteiger partial charge in [0.15, 0.2) is 0 Å². The van der Waals surface area contributed by atoms with Crippen molar-refractivity contribution in [2.24, 2.45) is 0 Å². The highest BCUT2D eigenvalue weighted by Gasteiger charge is 2.82. The summed E-state index contributed by atoms with van der Waals surface area (Å²) in [6.45, 7) is 16.3. The molecule has 3 unspecified atom stereocenters. The lowest BCUT2D eigenvalue weighted by Gasteiger charge is -2.62. The highest BCUT2D eigenvalue weighted by atomic mass is 30.5. The smallest absolute Gasteiger partial charge is 0.0338 e. The minimum atomic E-state index is -1.03. The van der Waals surface area contributed by atoms with Crippen molar-refractivity contribution in [3.63, 3.8) is 0 Å². The molecular weight excluding hydrogens is 533 g/mol. The number of rotatable bonds is 21. The first-order chi connectivity index (χ1) is 17.0. The van der Waals surface area contributed by atoms with Crippen molar-refractivity contribution in [1.82, 2.24) is 0 Å². The van der Waals surface area contributed by atoms with Crippen molar-refractivity contribution < 1.29 is 0 Å². The highest BCUT2D eigenvalue weighted by Crippen LogP contribution is 2.60. The van der Waals surface area contributed by atoms with Crippen molar-refractivity contribution in [3.05, 3.63) is 0 Å². The van der Waals surface area contributed by atoms with E-state index in [9.17, 15) is 0 Å². The van der Waals surface area contributed by atoms with Crippen LogP contribution in [0.4, 0.5) is 0 Å². The molecule has 35 heavy (non-hydrogen) atoms. The van der Waals surface area contributed by atoms with Gasteiger partial charge in [-0.1, -0.05) is 181 Å². The fourth-order valence-electron chi connectivity index (χ4n) is 10.3. The zero-order valence-electron chi connectivity index (χ0n) is 25.8. The first-order valence-electron chi connectivity index (χ1n) is 17.0. The van der Waals surface area contributed by atoms with E-state index < -0.39 is 27.5 Å². The van der Waals surface area contributed by atoms with Gasteiger partial charge in [-0.05, 0) is 8.55 Å². The minimum Gasteiger partial charge on any atom is -0.0654 e. The van der Waals surface area contributed by atoms with Crippen molar-refractivity contribution in [2.45, 2.75) is 181 Å². The summed E-state index contributed by atoms with van der Waals surface area (Å²) in [7, 11) is -1.55. The van der Waals surface area contributed by atoms with Crippen LogP contribution in [0.5, 0.6) is 0 Å². The lowest BCUT2D eigenvalue weighted by atomic mass is 10.4. The molecule has 2 aliphatic heterocycles. The summed E-state index contributed by atoms with van der Waals surface area (Å²) < 4.78 is 0. The second-order valence-corrected chi connectivity index (χ2v) is 94.8. The van der Waals surface area contributed by atoms with Gasteiger partial charge in [-0.2, -0.15) is 0 Å². The van der Waals surface area contributed by atoms with Crippen molar-refractivity contribution in [3.8, 4) is 0 Å². The van der Waals surface area contributed by atoms with E-state index in [0.29, 0.717) is 17.1 Å². The summed E-state index contributed by atoms with van der Waals surface area (Å²) in [5, 5.41) is 0. The zero-order chi connectivity index (χ0) is 25.8.